The van der Waals surface area contributed by atoms with Crippen LogP contribution in [0.4, 0.5) is 0 Å². The Morgan fingerprint density at radius 1 is 1.39 bits per heavy atom. The SMILES string of the molecule is CC1C2Cc3ccc(C(=O)CO)cc3[C@@]1(C)CCN2CC1CC1. The first-order valence-electron chi connectivity index (χ1n) is 9.04. The zero-order valence-corrected chi connectivity index (χ0v) is 14.2. The van der Waals surface area contributed by atoms with E-state index in [9.17, 15) is 4.79 Å². The number of piperidine rings is 1. The Morgan fingerprint density at radius 2 is 2.17 bits per heavy atom. The average molecular weight is 313 g/mol. The van der Waals surface area contributed by atoms with Crippen molar-refractivity contribution < 1.29 is 9.90 Å². The number of carbonyl (C=O) groups excluding carboxylic acids is 1. The van der Waals surface area contributed by atoms with E-state index in [0.717, 1.165) is 12.3 Å². The molecule has 1 saturated carbocycles. The first-order chi connectivity index (χ1) is 11.0. The topological polar surface area (TPSA) is 40.5 Å². The third-order valence-electron chi connectivity index (χ3n) is 6.78. The Morgan fingerprint density at radius 3 is 2.87 bits per heavy atom. The van der Waals surface area contributed by atoms with E-state index in [1.165, 1.54) is 43.5 Å². The second-order valence-corrected chi connectivity index (χ2v) is 8.12. The molecular formula is C20H27NO2. The minimum absolute atomic E-state index is 0.157. The average Bonchev–Trinajstić information content (AvgIpc) is 3.36. The molecule has 1 aromatic rings. The number of carbonyl (C=O) groups is 1. The van der Waals surface area contributed by atoms with Gasteiger partial charge in [0.15, 0.2) is 5.78 Å². The van der Waals surface area contributed by atoms with E-state index >= 15 is 0 Å². The first kappa shape index (κ1) is 15.3. The first-order valence-corrected chi connectivity index (χ1v) is 9.04. The van der Waals surface area contributed by atoms with Crippen LogP contribution in [0.25, 0.3) is 0 Å². The van der Waals surface area contributed by atoms with Crippen LogP contribution in [0, 0.1) is 11.8 Å². The van der Waals surface area contributed by atoms with Crippen LogP contribution < -0.4 is 0 Å². The number of likely N-dealkylation sites (tertiary alicyclic amines) is 1. The molecule has 124 valence electrons. The van der Waals surface area contributed by atoms with Crippen molar-refractivity contribution in [2.24, 2.45) is 11.8 Å². The molecule has 1 N–H and O–H groups in total. The molecule has 3 nitrogen and oxygen atoms in total. The van der Waals surface area contributed by atoms with Crippen molar-refractivity contribution in [2.45, 2.75) is 51.0 Å². The molecule has 1 aliphatic heterocycles. The fourth-order valence-corrected chi connectivity index (χ4v) is 4.83. The smallest absolute Gasteiger partial charge is 0.188 e. The third kappa shape index (κ3) is 2.45. The molecule has 23 heavy (non-hydrogen) atoms. The molecule has 0 amide bonds. The van der Waals surface area contributed by atoms with E-state index in [0.29, 0.717) is 17.5 Å². The number of ketones is 1. The van der Waals surface area contributed by atoms with Gasteiger partial charge in [-0.15, -0.1) is 0 Å². The van der Waals surface area contributed by atoms with Crippen LogP contribution in [-0.2, 0) is 11.8 Å². The predicted octanol–water partition coefficient (Wildman–Crippen LogP) is 2.80. The number of rotatable bonds is 4. The number of aliphatic hydroxyl groups is 1. The highest BCUT2D eigenvalue weighted by molar-refractivity contribution is 5.97. The maximum absolute atomic E-state index is 11.9. The highest BCUT2D eigenvalue weighted by atomic mass is 16.3. The van der Waals surface area contributed by atoms with Crippen LogP contribution in [0.3, 0.4) is 0 Å². The Kier molecular flexibility index (Phi) is 3.62. The summed E-state index contributed by atoms with van der Waals surface area (Å²) in [6, 6.07) is 6.74. The molecule has 1 saturated heterocycles. The molecular weight excluding hydrogens is 286 g/mol. The van der Waals surface area contributed by atoms with Crippen LogP contribution >= 0.6 is 0 Å². The van der Waals surface area contributed by atoms with Gasteiger partial charge in [0.05, 0.1) is 0 Å². The number of benzene rings is 1. The molecule has 1 heterocycles. The van der Waals surface area contributed by atoms with Crippen molar-refractivity contribution in [3.63, 3.8) is 0 Å². The van der Waals surface area contributed by atoms with Gasteiger partial charge in [-0.1, -0.05) is 26.0 Å². The van der Waals surface area contributed by atoms with Crippen LogP contribution in [-0.4, -0.2) is 41.5 Å². The minimum atomic E-state index is -0.400. The van der Waals surface area contributed by atoms with Gasteiger partial charge < -0.3 is 5.11 Å². The summed E-state index contributed by atoms with van der Waals surface area (Å²) in [6.45, 7) is 6.83. The van der Waals surface area contributed by atoms with Crippen LogP contribution in [0.1, 0.15) is 54.6 Å². The fraction of sp³-hybridized carbons (Fsp3) is 0.650. The lowest BCUT2D eigenvalue weighted by atomic mass is 9.58. The monoisotopic (exact) mass is 313 g/mol. The van der Waals surface area contributed by atoms with Gasteiger partial charge >= 0.3 is 0 Å². The second-order valence-electron chi connectivity index (χ2n) is 8.12. The largest absolute Gasteiger partial charge is 0.388 e. The molecule has 3 heteroatoms. The molecule has 2 unspecified atom stereocenters. The molecule has 0 radical (unpaired) electrons. The van der Waals surface area contributed by atoms with Crippen molar-refractivity contribution in [2.75, 3.05) is 19.7 Å². The molecule has 1 aromatic carbocycles. The summed E-state index contributed by atoms with van der Waals surface area (Å²) in [4.78, 5) is 14.6. The lowest BCUT2D eigenvalue weighted by molar-refractivity contribution is 0.0284. The molecule has 0 aromatic heterocycles. The molecule has 2 fully saturated rings. The molecule has 3 atom stereocenters. The van der Waals surface area contributed by atoms with E-state index in [-0.39, 0.29) is 11.2 Å². The van der Waals surface area contributed by atoms with Crippen molar-refractivity contribution in [3.8, 4) is 0 Å². The third-order valence-corrected chi connectivity index (χ3v) is 6.78. The van der Waals surface area contributed by atoms with Crippen LogP contribution in [0.2, 0.25) is 0 Å². The van der Waals surface area contributed by atoms with E-state index in [2.05, 4.69) is 30.9 Å². The summed E-state index contributed by atoms with van der Waals surface area (Å²) in [7, 11) is 0. The Hall–Kier alpha value is -1.19. The molecule has 0 spiro atoms. The highest BCUT2D eigenvalue weighted by Crippen LogP contribution is 2.49. The quantitative estimate of drug-likeness (QED) is 0.869. The molecule has 2 bridgehead atoms. The summed E-state index contributed by atoms with van der Waals surface area (Å²) in [6.07, 6.45) is 5.10. The molecule has 4 rings (SSSR count). The second kappa shape index (κ2) is 5.42. The van der Waals surface area contributed by atoms with Gasteiger partial charge in [0.1, 0.15) is 6.61 Å². The van der Waals surface area contributed by atoms with E-state index in [1.54, 1.807) is 0 Å². The fourth-order valence-electron chi connectivity index (χ4n) is 4.83. The number of hydrogen-bond acceptors (Lipinski definition) is 3. The summed E-state index contributed by atoms with van der Waals surface area (Å²) in [5, 5.41) is 9.15. The molecule has 2 aliphatic carbocycles. The highest BCUT2D eigenvalue weighted by Gasteiger charge is 2.49. The number of fused-ring (bicyclic) bond motifs is 4. The minimum Gasteiger partial charge on any atom is -0.388 e. The number of hydrogen-bond donors (Lipinski definition) is 1. The lowest BCUT2D eigenvalue weighted by Crippen LogP contribution is -2.58. The lowest BCUT2D eigenvalue weighted by Gasteiger charge is -2.55. The van der Waals surface area contributed by atoms with Gasteiger partial charge in [0, 0.05) is 18.2 Å². The Balaban J connectivity index is 1.70. The molecule has 3 aliphatic rings. The summed E-state index contributed by atoms with van der Waals surface area (Å²) < 4.78 is 0. The summed E-state index contributed by atoms with van der Waals surface area (Å²) in [5.41, 5.74) is 3.58. The zero-order chi connectivity index (χ0) is 16.2. The van der Waals surface area contributed by atoms with Crippen molar-refractivity contribution >= 4 is 5.78 Å². The maximum atomic E-state index is 11.9. The van der Waals surface area contributed by atoms with Gasteiger partial charge in [-0.25, -0.2) is 0 Å². The zero-order valence-electron chi connectivity index (χ0n) is 14.2. The predicted molar refractivity (Wildman–Crippen MR) is 90.8 cm³/mol. The van der Waals surface area contributed by atoms with Crippen molar-refractivity contribution in [1.29, 1.82) is 0 Å². The van der Waals surface area contributed by atoms with Gasteiger partial charge in [-0.05, 0) is 66.7 Å². The maximum Gasteiger partial charge on any atom is 0.188 e. The standard InChI is InChI=1S/C20H27NO2/c1-13-18-10-15-5-6-16(19(23)12-22)9-17(15)20(13,2)7-8-21(18)11-14-3-4-14/h5-6,9,13-14,18,22H,3-4,7-8,10-12H2,1-2H3/t13?,18?,20-/m0/s1. The van der Waals surface area contributed by atoms with Crippen molar-refractivity contribution in [3.05, 3.63) is 34.9 Å². The van der Waals surface area contributed by atoms with E-state index < -0.39 is 6.61 Å². The Labute approximate surface area is 138 Å². The van der Waals surface area contributed by atoms with Gasteiger partial charge in [0.25, 0.3) is 0 Å². The summed E-state index contributed by atoms with van der Waals surface area (Å²) in [5.74, 6) is 1.39. The van der Waals surface area contributed by atoms with E-state index in [4.69, 9.17) is 5.11 Å². The van der Waals surface area contributed by atoms with Crippen LogP contribution in [0.15, 0.2) is 18.2 Å². The number of nitrogens with zero attached hydrogens (tertiary/aromatic N) is 1. The number of Topliss-reactive ketones (excluding diaryl/α,β-unsaturated/α-hetero) is 1. The van der Waals surface area contributed by atoms with E-state index in [1.807, 2.05) is 6.07 Å². The van der Waals surface area contributed by atoms with Gasteiger partial charge in [0.2, 0.25) is 0 Å². The normalized spacial score (nSPS) is 33.3. The Bertz CT molecular complexity index is 637. The van der Waals surface area contributed by atoms with Gasteiger partial charge in [-0.2, -0.15) is 0 Å². The number of aliphatic hydroxyl groups excluding tert-OH is 1. The van der Waals surface area contributed by atoms with Gasteiger partial charge in [-0.3, -0.25) is 9.69 Å². The summed E-state index contributed by atoms with van der Waals surface area (Å²) >= 11 is 0. The van der Waals surface area contributed by atoms with Crippen molar-refractivity contribution in [1.82, 2.24) is 4.90 Å². The van der Waals surface area contributed by atoms with Crippen LogP contribution in [0.5, 0.6) is 0 Å².